The number of benzene rings is 1. The average molecular weight is 517 g/mol. The summed E-state index contributed by atoms with van der Waals surface area (Å²) in [4.78, 5) is 4.52. The van der Waals surface area contributed by atoms with Crippen LogP contribution in [0.5, 0.6) is 0 Å². The number of halogens is 3. The quantitative estimate of drug-likeness (QED) is 0.314. The molecule has 5 nitrogen and oxygen atoms in total. The summed E-state index contributed by atoms with van der Waals surface area (Å²) >= 11 is 0. The van der Waals surface area contributed by atoms with Crippen LogP contribution in [-0.2, 0) is 9.84 Å². The molecule has 0 saturated carbocycles. The molecule has 1 rings (SSSR count). The second kappa shape index (κ2) is 11.1. The van der Waals surface area contributed by atoms with Crippen LogP contribution in [0.4, 0.5) is 8.78 Å². The standard InChI is InChI=1S/C18H29F2N3O2S.HI/c1-6-21-17(22-12-18(3,4)9-10-26(5,24)25)23-13(2)14-7-8-15(19)16(20)11-14;/h7-8,11,13H,6,9-10,12H2,1-5H3,(H2,21,22,23);1H. The molecule has 0 amide bonds. The first kappa shape index (κ1) is 26.0. The summed E-state index contributed by atoms with van der Waals surface area (Å²) in [5.41, 5.74) is 0.322. The van der Waals surface area contributed by atoms with E-state index in [1.807, 2.05) is 27.7 Å². The lowest BCUT2D eigenvalue weighted by atomic mass is 9.90. The number of sulfone groups is 1. The largest absolute Gasteiger partial charge is 0.357 e. The van der Waals surface area contributed by atoms with Gasteiger partial charge in [0.2, 0.25) is 0 Å². The second-order valence-corrected chi connectivity index (χ2v) is 9.54. The second-order valence-electron chi connectivity index (χ2n) is 7.28. The van der Waals surface area contributed by atoms with Crippen molar-refractivity contribution in [2.75, 3.05) is 25.1 Å². The van der Waals surface area contributed by atoms with Crippen LogP contribution in [-0.4, -0.2) is 39.5 Å². The van der Waals surface area contributed by atoms with E-state index in [0.717, 1.165) is 12.1 Å². The fourth-order valence-electron chi connectivity index (χ4n) is 2.22. The van der Waals surface area contributed by atoms with Gasteiger partial charge in [-0.15, -0.1) is 24.0 Å². The van der Waals surface area contributed by atoms with Crippen molar-refractivity contribution in [3.05, 3.63) is 35.4 Å². The highest BCUT2D eigenvalue weighted by Gasteiger charge is 2.20. The van der Waals surface area contributed by atoms with Gasteiger partial charge in [-0.05, 0) is 43.4 Å². The highest BCUT2D eigenvalue weighted by molar-refractivity contribution is 14.0. The van der Waals surface area contributed by atoms with Gasteiger partial charge in [0.1, 0.15) is 9.84 Å². The van der Waals surface area contributed by atoms with E-state index in [1.54, 1.807) is 0 Å². The molecule has 1 unspecified atom stereocenters. The van der Waals surface area contributed by atoms with Gasteiger partial charge in [0, 0.05) is 19.3 Å². The number of guanidine groups is 1. The molecule has 1 aromatic rings. The van der Waals surface area contributed by atoms with Crippen molar-refractivity contribution in [1.29, 1.82) is 0 Å². The molecule has 0 saturated heterocycles. The zero-order valence-electron chi connectivity index (χ0n) is 16.5. The monoisotopic (exact) mass is 517 g/mol. The SMILES string of the molecule is CCNC(=NCC(C)(C)CCS(C)(=O)=O)NC(C)c1ccc(F)c(F)c1.I. The van der Waals surface area contributed by atoms with Crippen molar-refractivity contribution < 1.29 is 17.2 Å². The van der Waals surface area contributed by atoms with Gasteiger partial charge < -0.3 is 10.6 Å². The average Bonchev–Trinajstić information content (AvgIpc) is 2.53. The molecule has 9 heteroatoms. The molecule has 2 N–H and O–H groups in total. The summed E-state index contributed by atoms with van der Waals surface area (Å²) in [7, 11) is -3.01. The molecule has 0 aliphatic heterocycles. The number of hydrogen-bond donors (Lipinski definition) is 2. The maximum absolute atomic E-state index is 13.4. The van der Waals surface area contributed by atoms with Crippen molar-refractivity contribution >= 4 is 39.8 Å². The van der Waals surface area contributed by atoms with Gasteiger partial charge in [-0.3, -0.25) is 4.99 Å². The number of nitrogens with one attached hydrogen (secondary N) is 2. The smallest absolute Gasteiger partial charge is 0.191 e. The first-order valence-corrected chi connectivity index (χ1v) is 10.7. The Kier molecular flexibility index (Phi) is 10.7. The van der Waals surface area contributed by atoms with Crippen molar-refractivity contribution in [2.24, 2.45) is 10.4 Å². The van der Waals surface area contributed by atoms with E-state index in [9.17, 15) is 17.2 Å². The van der Waals surface area contributed by atoms with Crippen LogP contribution in [0.3, 0.4) is 0 Å². The first-order chi connectivity index (χ1) is 11.9. The third kappa shape index (κ3) is 10.2. The van der Waals surface area contributed by atoms with Crippen LogP contribution in [0.25, 0.3) is 0 Å². The van der Waals surface area contributed by atoms with E-state index in [4.69, 9.17) is 0 Å². The Bertz CT molecular complexity index is 740. The summed E-state index contributed by atoms with van der Waals surface area (Å²) in [5.74, 6) is -1.11. The van der Waals surface area contributed by atoms with E-state index < -0.39 is 21.5 Å². The minimum atomic E-state index is -3.01. The van der Waals surface area contributed by atoms with Gasteiger partial charge in [0.05, 0.1) is 11.8 Å². The van der Waals surface area contributed by atoms with Crippen LogP contribution < -0.4 is 10.6 Å². The molecule has 27 heavy (non-hydrogen) atoms. The Morgan fingerprint density at radius 3 is 2.41 bits per heavy atom. The van der Waals surface area contributed by atoms with E-state index in [1.165, 1.54) is 12.3 Å². The summed E-state index contributed by atoms with van der Waals surface area (Å²) in [5, 5.41) is 6.26. The Hall–Kier alpha value is -0.970. The zero-order valence-corrected chi connectivity index (χ0v) is 19.6. The molecule has 0 fully saturated rings. The molecule has 0 radical (unpaired) electrons. The molecule has 0 aliphatic carbocycles. The lowest BCUT2D eigenvalue weighted by Gasteiger charge is -2.24. The van der Waals surface area contributed by atoms with Crippen LogP contribution >= 0.6 is 24.0 Å². The predicted molar refractivity (Wildman–Crippen MR) is 117 cm³/mol. The van der Waals surface area contributed by atoms with E-state index in [0.29, 0.717) is 31.0 Å². The summed E-state index contributed by atoms with van der Waals surface area (Å²) in [6, 6.07) is 3.51. The van der Waals surface area contributed by atoms with Crippen molar-refractivity contribution in [1.82, 2.24) is 10.6 Å². The molecule has 0 heterocycles. The fraction of sp³-hybridized carbons (Fsp3) is 0.611. The Morgan fingerprint density at radius 1 is 1.26 bits per heavy atom. The van der Waals surface area contributed by atoms with Crippen molar-refractivity contribution in [3.8, 4) is 0 Å². The van der Waals surface area contributed by atoms with E-state index in [-0.39, 0.29) is 41.2 Å². The summed E-state index contributed by atoms with van der Waals surface area (Å²) in [6.07, 6.45) is 1.73. The normalized spacial score (nSPS) is 13.7. The number of nitrogens with zero attached hydrogens (tertiary/aromatic N) is 1. The zero-order chi connectivity index (χ0) is 20.0. The van der Waals surface area contributed by atoms with Gasteiger partial charge in [-0.2, -0.15) is 0 Å². The number of hydrogen-bond acceptors (Lipinski definition) is 3. The van der Waals surface area contributed by atoms with Crippen molar-refractivity contribution in [2.45, 2.75) is 40.2 Å². The third-order valence-corrected chi connectivity index (χ3v) is 4.90. The number of aliphatic imine (C=N–C) groups is 1. The number of rotatable bonds is 8. The molecule has 156 valence electrons. The minimum Gasteiger partial charge on any atom is -0.357 e. The van der Waals surface area contributed by atoms with E-state index in [2.05, 4.69) is 15.6 Å². The maximum atomic E-state index is 13.4. The Balaban J connectivity index is 0.00000676. The van der Waals surface area contributed by atoms with E-state index >= 15 is 0 Å². The molecule has 0 aliphatic rings. The molecular weight excluding hydrogens is 487 g/mol. The van der Waals surface area contributed by atoms with Crippen LogP contribution in [0.1, 0.15) is 45.7 Å². The highest BCUT2D eigenvalue weighted by atomic mass is 127. The molecule has 0 spiro atoms. The molecule has 1 aromatic carbocycles. The minimum absolute atomic E-state index is 0. The van der Waals surface area contributed by atoms with Gasteiger partial charge in [-0.25, -0.2) is 17.2 Å². The van der Waals surface area contributed by atoms with Gasteiger partial charge >= 0.3 is 0 Å². The first-order valence-electron chi connectivity index (χ1n) is 8.61. The molecule has 0 bridgehead atoms. The van der Waals surface area contributed by atoms with Crippen LogP contribution in [0.15, 0.2) is 23.2 Å². The van der Waals surface area contributed by atoms with Gasteiger partial charge in [0.15, 0.2) is 17.6 Å². The lowest BCUT2D eigenvalue weighted by molar-refractivity contribution is 0.365. The Labute approximate surface area is 178 Å². The van der Waals surface area contributed by atoms with Gasteiger partial charge in [-0.1, -0.05) is 19.9 Å². The topological polar surface area (TPSA) is 70.6 Å². The van der Waals surface area contributed by atoms with Crippen molar-refractivity contribution in [3.63, 3.8) is 0 Å². The Morgan fingerprint density at radius 2 is 1.89 bits per heavy atom. The van der Waals surface area contributed by atoms with Gasteiger partial charge in [0.25, 0.3) is 0 Å². The predicted octanol–water partition coefficient (Wildman–Crippen LogP) is 3.66. The lowest BCUT2D eigenvalue weighted by Crippen LogP contribution is -2.39. The highest BCUT2D eigenvalue weighted by Crippen LogP contribution is 2.21. The fourth-order valence-corrected chi connectivity index (χ4v) is 3.15. The molecular formula is C18H30F2IN3O2S. The molecule has 1 atom stereocenters. The third-order valence-electron chi connectivity index (χ3n) is 3.96. The summed E-state index contributed by atoms with van der Waals surface area (Å²) in [6.45, 7) is 8.75. The summed E-state index contributed by atoms with van der Waals surface area (Å²) < 4.78 is 49.2. The maximum Gasteiger partial charge on any atom is 0.191 e. The molecule has 0 aromatic heterocycles. The van der Waals surface area contributed by atoms with Crippen LogP contribution in [0.2, 0.25) is 0 Å². The van der Waals surface area contributed by atoms with Crippen LogP contribution in [0, 0.1) is 17.0 Å².